The summed E-state index contributed by atoms with van der Waals surface area (Å²) in [6, 6.07) is 8.10. The first-order valence-corrected chi connectivity index (χ1v) is 8.43. The van der Waals surface area contributed by atoms with Crippen molar-refractivity contribution in [3.05, 3.63) is 47.5 Å². The zero-order valence-electron chi connectivity index (χ0n) is 15.6. The number of fused-ring (bicyclic) bond motifs is 3. The van der Waals surface area contributed by atoms with Gasteiger partial charge in [0.2, 0.25) is 5.95 Å². The Morgan fingerprint density at radius 3 is 2.50 bits per heavy atom. The van der Waals surface area contributed by atoms with Crippen molar-refractivity contribution in [2.24, 2.45) is 0 Å². The number of nitrogens with two attached hydrogens (primary N) is 1. The fourth-order valence-electron chi connectivity index (χ4n) is 3.11. The summed E-state index contributed by atoms with van der Waals surface area (Å²) in [7, 11) is 4.62. The number of aromatic nitrogens is 4. The highest BCUT2D eigenvalue weighted by atomic mass is 19.1. The number of hydrogen-bond acceptors (Lipinski definition) is 7. The molecular formula is C19H18FN5O3. The van der Waals surface area contributed by atoms with E-state index in [4.69, 9.17) is 19.9 Å². The Balaban J connectivity index is 1.85. The van der Waals surface area contributed by atoms with E-state index in [0.717, 1.165) is 5.56 Å². The molecule has 2 aromatic carbocycles. The summed E-state index contributed by atoms with van der Waals surface area (Å²) in [6.45, 7) is 0. The highest BCUT2D eigenvalue weighted by Crippen LogP contribution is 2.30. The number of halogens is 1. The summed E-state index contributed by atoms with van der Waals surface area (Å²) in [5, 5.41) is 4.89. The van der Waals surface area contributed by atoms with Gasteiger partial charge in [0.15, 0.2) is 11.5 Å². The average molecular weight is 383 g/mol. The van der Waals surface area contributed by atoms with E-state index < -0.39 is 5.82 Å². The van der Waals surface area contributed by atoms with Gasteiger partial charge in [-0.15, -0.1) is 5.10 Å². The maximum absolute atomic E-state index is 14.0. The van der Waals surface area contributed by atoms with E-state index in [9.17, 15) is 4.39 Å². The molecule has 0 fully saturated rings. The van der Waals surface area contributed by atoms with E-state index in [1.54, 1.807) is 20.3 Å². The van der Waals surface area contributed by atoms with E-state index in [0.29, 0.717) is 40.3 Å². The molecule has 0 aliphatic carbocycles. The lowest BCUT2D eigenvalue weighted by Crippen LogP contribution is -2.04. The van der Waals surface area contributed by atoms with Gasteiger partial charge in [-0.3, -0.25) is 0 Å². The molecule has 2 N–H and O–H groups in total. The molecule has 2 aromatic heterocycles. The molecule has 0 radical (unpaired) electrons. The Morgan fingerprint density at radius 2 is 1.79 bits per heavy atom. The molecule has 4 aromatic rings. The van der Waals surface area contributed by atoms with E-state index in [2.05, 4.69) is 15.1 Å². The Morgan fingerprint density at radius 1 is 1.00 bits per heavy atom. The Kier molecular flexibility index (Phi) is 4.34. The molecule has 0 aliphatic heterocycles. The van der Waals surface area contributed by atoms with Gasteiger partial charge in [0.1, 0.15) is 28.6 Å². The molecule has 2 heterocycles. The van der Waals surface area contributed by atoms with E-state index in [1.165, 1.54) is 23.8 Å². The molecule has 0 saturated heterocycles. The summed E-state index contributed by atoms with van der Waals surface area (Å²) in [5.74, 6) is 1.79. The molecule has 9 heteroatoms. The van der Waals surface area contributed by atoms with Gasteiger partial charge < -0.3 is 19.9 Å². The van der Waals surface area contributed by atoms with Crippen molar-refractivity contribution >= 4 is 22.5 Å². The molecule has 4 rings (SSSR count). The summed E-state index contributed by atoms with van der Waals surface area (Å²) in [4.78, 5) is 8.85. The second-order valence-electron chi connectivity index (χ2n) is 6.09. The van der Waals surface area contributed by atoms with Crippen molar-refractivity contribution in [3.8, 4) is 17.2 Å². The number of benzene rings is 2. The number of anilines is 1. The van der Waals surface area contributed by atoms with E-state index in [1.807, 2.05) is 12.1 Å². The third-order valence-electron chi connectivity index (χ3n) is 4.44. The van der Waals surface area contributed by atoms with E-state index in [-0.39, 0.29) is 11.7 Å². The largest absolute Gasteiger partial charge is 0.497 e. The molecule has 0 unspecified atom stereocenters. The van der Waals surface area contributed by atoms with Gasteiger partial charge in [0, 0.05) is 24.1 Å². The van der Waals surface area contributed by atoms with Crippen LogP contribution in [0.15, 0.2) is 30.3 Å². The number of ether oxygens (including phenoxy) is 3. The van der Waals surface area contributed by atoms with Crippen LogP contribution in [0, 0.1) is 5.82 Å². The van der Waals surface area contributed by atoms with Crippen LogP contribution < -0.4 is 19.9 Å². The van der Waals surface area contributed by atoms with Gasteiger partial charge in [-0.2, -0.15) is 4.52 Å². The third kappa shape index (κ3) is 2.90. The highest BCUT2D eigenvalue weighted by Gasteiger charge is 2.17. The maximum atomic E-state index is 14.0. The first kappa shape index (κ1) is 17.8. The minimum Gasteiger partial charge on any atom is -0.497 e. The molecule has 28 heavy (non-hydrogen) atoms. The summed E-state index contributed by atoms with van der Waals surface area (Å²) in [5.41, 5.74) is 7.75. The van der Waals surface area contributed by atoms with Gasteiger partial charge in [-0.25, -0.2) is 14.4 Å². The fraction of sp³-hybridized carbons (Fsp3) is 0.211. The van der Waals surface area contributed by atoms with Crippen molar-refractivity contribution in [1.29, 1.82) is 0 Å². The van der Waals surface area contributed by atoms with Crippen LogP contribution >= 0.6 is 0 Å². The first-order valence-electron chi connectivity index (χ1n) is 8.43. The smallest absolute Gasteiger partial charge is 0.223 e. The minimum absolute atomic E-state index is 0.132. The topological polar surface area (TPSA) is 96.8 Å². The Labute approximate surface area is 159 Å². The summed E-state index contributed by atoms with van der Waals surface area (Å²) in [6.07, 6.45) is 0.391. The molecule has 0 spiro atoms. The monoisotopic (exact) mass is 383 g/mol. The lowest BCUT2D eigenvalue weighted by atomic mass is 10.1. The van der Waals surface area contributed by atoms with Crippen LogP contribution in [0.1, 0.15) is 11.4 Å². The van der Waals surface area contributed by atoms with Crippen LogP contribution in [0.2, 0.25) is 0 Å². The molecule has 0 atom stereocenters. The zero-order valence-corrected chi connectivity index (χ0v) is 15.6. The Hall–Kier alpha value is -3.62. The van der Waals surface area contributed by atoms with Crippen molar-refractivity contribution in [2.45, 2.75) is 6.42 Å². The van der Waals surface area contributed by atoms with Crippen molar-refractivity contribution < 1.29 is 18.6 Å². The SMILES string of the molecule is COc1ccc(Cc2nc3c4cc(F)cc(OC)c4nc(N)n3n2)c(OC)c1. The summed E-state index contributed by atoms with van der Waals surface area (Å²) < 4.78 is 31.3. The van der Waals surface area contributed by atoms with Crippen LogP contribution in [-0.2, 0) is 6.42 Å². The minimum atomic E-state index is -0.459. The molecule has 144 valence electrons. The van der Waals surface area contributed by atoms with Gasteiger partial charge in [0.25, 0.3) is 0 Å². The van der Waals surface area contributed by atoms with Gasteiger partial charge in [0.05, 0.1) is 26.7 Å². The average Bonchev–Trinajstić information content (AvgIpc) is 3.13. The van der Waals surface area contributed by atoms with E-state index >= 15 is 0 Å². The van der Waals surface area contributed by atoms with Crippen LogP contribution in [0.5, 0.6) is 17.2 Å². The second-order valence-corrected chi connectivity index (χ2v) is 6.09. The number of methoxy groups -OCH3 is 3. The predicted octanol–water partition coefficient (Wildman–Crippen LogP) is 2.62. The van der Waals surface area contributed by atoms with Crippen molar-refractivity contribution in [3.63, 3.8) is 0 Å². The van der Waals surface area contributed by atoms with Gasteiger partial charge in [-0.1, -0.05) is 6.07 Å². The third-order valence-corrected chi connectivity index (χ3v) is 4.44. The number of hydrogen-bond donors (Lipinski definition) is 1. The molecule has 0 saturated carbocycles. The fourth-order valence-corrected chi connectivity index (χ4v) is 3.11. The van der Waals surface area contributed by atoms with Crippen LogP contribution in [0.3, 0.4) is 0 Å². The normalized spacial score (nSPS) is 11.1. The van der Waals surface area contributed by atoms with Crippen LogP contribution in [0.25, 0.3) is 16.6 Å². The maximum Gasteiger partial charge on any atom is 0.223 e. The molecule has 8 nitrogen and oxygen atoms in total. The molecule has 0 aliphatic rings. The highest BCUT2D eigenvalue weighted by molar-refractivity contribution is 5.95. The number of nitrogen functional groups attached to an aromatic ring is 1. The van der Waals surface area contributed by atoms with Gasteiger partial charge in [-0.05, 0) is 12.1 Å². The predicted molar refractivity (Wildman–Crippen MR) is 102 cm³/mol. The van der Waals surface area contributed by atoms with Gasteiger partial charge >= 0.3 is 0 Å². The van der Waals surface area contributed by atoms with Crippen molar-refractivity contribution in [2.75, 3.05) is 27.1 Å². The van der Waals surface area contributed by atoms with Crippen molar-refractivity contribution in [1.82, 2.24) is 19.6 Å². The van der Waals surface area contributed by atoms with Crippen LogP contribution in [0.4, 0.5) is 10.3 Å². The standard InChI is InChI=1S/C19H18FN5O3/c1-26-12-5-4-10(14(9-12)27-2)6-16-22-18-13-7-11(20)8-15(28-3)17(13)23-19(21)25(18)24-16/h4-5,7-9H,6H2,1-3H3,(H2,21,23). The number of rotatable bonds is 5. The Bertz CT molecular complexity index is 1190. The quantitative estimate of drug-likeness (QED) is 0.566. The van der Waals surface area contributed by atoms with Crippen LogP contribution in [-0.4, -0.2) is 40.9 Å². The molecule has 0 amide bonds. The first-order chi connectivity index (χ1) is 13.5. The summed E-state index contributed by atoms with van der Waals surface area (Å²) >= 11 is 0. The molecule has 0 bridgehead atoms. The zero-order chi connectivity index (χ0) is 19.8. The second kappa shape index (κ2) is 6.84. The molecular weight excluding hydrogens is 365 g/mol. The lowest BCUT2D eigenvalue weighted by Gasteiger charge is -2.08. The lowest BCUT2D eigenvalue weighted by molar-refractivity contribution is 0.391. The number of nitrogens with zero attached hydrogens (tertiary/aromatic N) is 4.